The van der Waals surface area contributed by atoms with Crippen LogP contribution in [0.3, 0.4) is 0 Å². The molecule has 0 radical (unpaired) electrons. The third-order valence-electron chi connectivity index (χ3n) is 3.37. The lowest BCUT2D eigenvalue weighted by Crippen LogP contribution is -2.33. The summed E-state index contributed by atoms with van der Waals surface area (Å²) < 4.78 is 6.70. The Kier molecular flexibility index (Phi) is 3.30. The summed E-state index contributed by atoms with van der Waals surface area (Å²) in [5.41, 5.74) is 5.15. The fourth-order valence-corrected chi connectivity index (χ4v) is 2.65. The number of fused-ring (bicyclic) bond motifs is 1. The molecule has 4 atom stereocenters. The van der Waals surface area contributed by atoms with E-state index in [0.717, 1.165) is 0 Å². The van der Waals surface area contributed by atoms with Crippen LogP contribution in [-0.2, 0) is 4.74 Å². The number of aliphatic hydroxyl groups is 3. The van der Waals surface area contributed by atoms with E-state index in [1.807, 2.05) is 0 Å². The van der Waals surface area contributed by atoms with Crippen molar-refractivity contribution in [2.45, 2.75) is 24.5 Å². The smallest absolute Gasteiger partial charge is 0.278 e. The second kappa shape index (κ2) is 4.89. The number of nitrogens with two attached hydrogens (primary N) is 1. The number of nitrogen functional groups attached to an aromatic ring is 1. The Hall–Kier alpha value is -1.79. The Balaban J connectivity index is 2.20. The first-order chi connectivity index (χ1) is 9.93. The number of aliphatic hydroxyl groups excluding tert-OH is 3. The van der Waals surface area contributed by atoms with Crippen LogP contribution in [-0.4, -0.2) is 59.8 Å². The number of rotatable bonds is 2. The quantitative estimate of drug-likeness (QED) is 0.346. The molecule has 10 nitrogen and oxygen atoms in total. The van der Waals surface area contributed by atoms with Gasteiger partial charge in [-0.25, -0.2) is 0 Å². The highest BCUT2D eigenvalue weighted by molar-refractivity contribution is 7.71. The van der Waals surface area contributed by atoms with Crippen molar-refractivity contribution in [2.75, 3.05) is 12.3 Å². The van der Waals surface area contributed by atoms with E-state index in [1.54, 1.807) is 0 Å². The van der Waals surface area contributed by atoms with E-state index in [-0.39, 0.29) is 21.9 Å². The zero-order valence-corrected chi connectivity index (χ0v) is 11.4. The molecule has 0 unspecified atom stereocenters. The average molecular weight is 315 g/mol. The zero-order chi connectivity index (χ0) is 15.3. The van der Waals surface area contributed by atoms with Crippen LogP contribution < -0.4 is 11.3 Å². The molecule has 1 saturated heterocycles. The Morgan fingerprint density at radius 1 is 1.38 bits per heavy atom. The van der Waals surface area contributed by atoms with E-state index in [9.17, 15) is 15.0 Å². The van der Waals surface area contributed by atoms with E-state index < -0.39 is 36.7 Å². The normalized spacial score (nSPS) is 29.3. The van der Waals surface area contributed by atoms with Gasteiger partial charge in [0.2, 0.25) is 5.95 Å². The molecular formula is C10H13N5O5S. The van der Waals surface area contributed by atoms with Crippen LogP contribution in [0.15, 0.2) is 4.79 Å². The lowest BCUT2D eigenvalue weighted by Gasteiger charge is -2.16. The molecule has 2 aromatic heterocycles. The van der Waals surface area contributed by atoms with Gasteiger partial charge < -0.3 is 30.8 Å². The van der Waals surface area contributed by atoms with Crippen LogP contribution >= 0.6 is 12.2 Å². The number of imidazole rings is 1. The Morgan fingerprint density at radius 3 is 2.71 bits per heavy atom. The van der Waals surface area contributed by atoms with Crippen LogP contribution in [0.1, 0.15) is 6.23 Å². The van der Waals surface area contributed by atoms with E-state index in [0.29, 0.717) is 0 Å². The van der Waals surface area contributed by atoms with Crippen molar-refractivity contribution in [2.24, 2.45) is 0 Å². The molecule has 0 aromatic carbocycles. The molecule has 3 rings (SSSR count). The van der Waals surface area contributed by atoms with Crippen LogP contribution in [0.25, 0.3) is 11.2 Å². The van der Waals surface area contributed by atoms with Crippen molar-refractivity contribution in [3.05, 3.63) is 15.1 Å². The van der Waals surface area contributed by atoms with Gasteiger partial charge in [-0.3, -0.25) is 14.3 Å². The van der Waals surface area contributed by atoms with E-state index in [4.69, 9.17) is 27.8 Å². The largest absolute Gasteiger partial charge is 0.394 e. The van der Waals surface area contributed by atoms with Gasteiger partial charge in [0, 0.05) is 0 Å². The van der Waals surface area contributed by atoms with Crippen LogP contribution in [0.2, 0.25) is 0 Å². The number of aromatic amines is 2. The van der Waals surface area contributed by atoms with Crippen LogP contribution in [0.4, 0.5) is 5.95 Å². The molecule has 1 aliphatic rings. The van der Waals surface area contributed by atoms with Gasteiger partial charge in [0.15, 0.2) is 22.2 Å². The lowest BCUT2D eigenvalue weighted by atomic mass is 10.1. The standard InChI is InChI=1S/C10H13N5O5S/c11-9-13-6-3(7(19)14-9)12-10(21)15(6)8-5(18)4(17)2(1-16)20-8/h2,4-5,8,16-18H,1H2,(H,12,21)(H3,11,13,14,19)/t2-,4-,5-,8+/m1/s1. The predicted octanol–water partition coefficient (Wildman–Crippen LogP) is -2.02. The molecule has 0 saturated carbocycles. The Labute approximate surface area is 121 Å². The lowest BCUT2D eigenvalue weighted by molar-refractivity contribution is -0.0516. The summed E-state index contributed by atoms with van der Waals surface area (Å²) in [6.45, 7) is -0.472. The van der Waals surface area contributed by atoms with Crippen molar-refractivity contribution in [3.8, 4) is 0 Å². The van der Waals surface area contributed by atoms with Gasteiger partial charge in [-0.2, -0.15) is 4.98 Å². The molecule has 2 aromatic rings. The highest BCUT2D eigenvalue weighted by Gasteiger charge is 2.44. The second-order valence-corrected chi connectivity index (χ2v) is 5.07. The first-order valence-electron chi connectivity index (χ1n) is 6.06. The third-order valence-corrected chi connectivity index (χ3v) is 3.67. The summed E-state index contributed by atoms with van der Waals surface area (Å²) in [5, 5.41) is 28.9. The van der Waals surface area contributed by atoms with Crippen molar-refractivity contribution >= 4 is 29.3 Å². The van der Waals surface area contributed by atoms with Gasteiger partial charge in [-0.1, -0.05) is 0 Å². The van der Waals surface area contributed by atoms with Crippen LogP contribution in [0.5, 0.6) is 0 Å². The first-order valence-corrected chi connectivity index (χ1v) is 6.47. The molecule has 0 aliphatic carbocycles. The summed E-state index contributed by atoms with van der Waals surface area (Å²) in [6.07, 6.45) is -4.68. The highest BCUT2D eigenvalue weighted by atomic mass is 32.1. The fraction of sp³-hybridized carbons (Fsp3) is 0.500. The molecule has 0 spiro atoms. The summed E-state index contributed by atoms with van der Waals surface area (Å²) in [4.78, 5) is 20.7. The molecule has 0 amide bonds. The Bertz CT molecular complexity index is 797. The SMILES string of the molecule is Nc1nc2c([nH]c(=S)n2[C@H]2O[C@H](CO)[C@@H](O)[C@H]2O)c(=O)[nH]1. The minimum absolute atomic E-state index is 0.0726. The molecule has 1 aliphatic heterocycles. The molecular weight excluding hydrogens is 302 g/mol. The summed E-state index contributed by atoms with van der Waals surface area (Å²) in [7, 11) is 0. The Morgan fingerprint density at radius 2 is 2.10 bits per heavy atom. The molecule has 21 heavy (non-hydrogen) atoms. The minimum atomic E-state index is -1.34. The monoisotopic (exact) mass is 315 g/mol. The topological polar surface area (TPSA) is 162 Å². The van der Waals surface area contributed by atoms with E-state index in [2.05, 4.69) is 15.0 Å². The highest BCUT2D eigenvalue weighted by Crippen LogP contribution is 2.31. The van der Waals surface area contributed by atoms with Gasteiger partial charge in [-0.05, 0) is 12.2 Å². The minimum Gasteiger partial charge on any atom is -0.394 e. The summed E-state index contributed by atoms with van der Waals surface area (Å²) in [5.74, 6) is -0.123. The summed E-state index contributed by atoms with van der Waals surface area (Å²) in [6, 6.07) is 0. The maximum Gasteiger partial charge on any atom is 0.278 e. The maximum atomic E-state index is 11.8. The van der Waals surface area contributed by atoms with E-state index in [1.165, 1.54) is 4.57 Å². The van der Waals surface area contributed by atoms with Crippen molar-refractivity contribution in [3.63, 3.8) is 0 Å². The molecule has 3 heterocycles. The zero-order valence-electron chi connectivity index (χ0n) is 10.6. The number of hydrogen-bond acceptors (Lipinski definition) is 8. The van der Waals surface area contributed by atoms with Gasteiger partial charge in [0.1, 0.15) is 18.3 Å². The number of hydrogen-bond donors (Lipinski definition) is 6. The van der Waals surface area contributed by atoms with Gasteiger partial charge in [0.25, 0.3) is 5.56 Å². The number of anilines is 1. The average Bonchev–Trinajstić information content (AvgIpc) is 2.89. The predicted molar refractivity (Wildman–Crippen MR) is 73.0 cm³/mol. The molecule has 11 heteroatoms. The number of nitrogens with one attached hydrogen (secondary N) is 2. The number of ether oxygens (including phenoxy) is 1. The number of aromatic nitrogens is 4. The summed E-state index contributed by atoms with van der Waals surface area (Å²) >= 11 is 5.10. The van der Waals surface area contributed by atoms with Crippen molar-refractivity contribution in [1.82, 2.24) is 19.5 Å². The van der Waals surface area contributed by atoms with Crippen molar-refractivity contribution in [1.29, 1.82) is 0 Å². The molecule has 1 fully saturated rings. The third kappa shape index (κ3) is 2.06. The maximum absolute atomic E-state index is 11.8. The van der Waals surface area contributed by atoms with Gasteiger partial charge in [-0.15, -0.1) is 0 Å². The first kappa shape index (κ1) is 14.2. The molecule has 114 valence electrons. The van der Waals surface area contributed by atoms with Gasteiger partial charge >= 0.3 is 0 Å². The number of nitrogens with zero attached hydrogens (tertiary/aromatic N) is 2. The molecule has 7 N–H and O–H groups in total. The number of H-pyrrole nitrogens is 2. The van der Waals surface area contributed by atoms with E-state index >= 15 is 0 Å². The fourth-order valence-electron chi connectivity index (χ4n) is 2.36. The van der Waals surface area contributed by atoms with Crippen molar-refractivity contribution < 1.29 is 20.1 Å². The van der Waals surface area contributed by atoms with Crippen LogP contribution in [0, 0.1) is 4.77 Å². The van der Waals surface area contributed by atoms with Gasteiger partial charge in [0.05, 0.1) is 6.61 Å². The molecule has 0 bridgehead atoms. The second-order valence-electron chi connectivity index (χ2n) is 4.68.